The molecule has 0 amide bonds. The van der Waals surface area contributed by atoms with Crippen LogP contribution >= 0.6 is 11.8 Å². The molecular weight excluding hydrogens is 313 g/mol. The maximum Gasteiger partial charge on any atom is 0.491 e. The molecule has 0 spiro atoms. The second-order valence-corrected chi connectivity index (χ2v) is 7.88. The Morgan fingerprint density at radius 1 is 1.39 bits per heavy atom. The van der Waals surface area contributed by atoms with E-state index in [9.17, 15) is 4.79 Å². The van der Waals surface area contributed by atoms with Crippen molar-refractivity contribution in [2.24, 2.45) is 7.05 Å². The average molecular weight is 337 g/mol. The van der Waals surface area contributed by atoms with Crippen LogP contribution in [0.1, 0.15) is 40.2 Å². The quantitative estimate of drug-likeness (QED) is 0.850. The van der Waals surface area contributed by atoms with E-state index in [0.717, 1.165) is 11.0 Å². The van der Waals surface area contributed by atoms with E-state index in [4.69, 9.17) is 15.0 Å². The molecule has 0 radical (unpaired) electrons. The lowest BCUT2D eigenvalue weighted by Gasteiger charge is -2.32. The predicted octanol–water partition coefficient (Wildman–Crippen LogP) is 2.30. The summed E-state index contributed by atoms with van der Waals surface area (Å²) in [7, 11) is 1.30. The van der Waals surface area contributed by atoms with E-state index in [2.05, 4.69) is 5.10 Å². The Kier molecular flexibility index (Phi) is 4.99. The molecular formula is C15H24BN3O3S. The number of rotatable bonds is 4. The van der Waals surface area contributed by atoms with Crippen molar-refractivity contribution in [3.05, 3.63) is 17.2 Å². The lowest BCUT2D eigenvalue weighted by molar-refractivity contribution is -0.109. The minimum atomic E-state index is -0.508. The molecule has 0 atom stereocenters. The Morgan fingerprint density at radius 2 is 1.96 bits per heavy atom. The minimum Gasteiger partial charge on any atom is -0.400 e. The van der Waals surface area contributed by atoms with Gasteiger partial charge in [0.1, 0.15) is 0 Å². The molecule has 0 saturated carbocycles. The molecule has 2 heterocycles. The largest absolute Gasteiger partial charge is 0.491 e. The first kappa shape index (κ1) is 18.1. The summed E-state index contributed by atoms with van der Waals surface area (Å²) in [6, 6.07) is 0. The summed E-state index contributed by atoms with van der Waals surface area (Å²) in [4.78, 5) is 11.4. The third-order valence-electron chi connectivity index (χ3n) is 4.23. The molecule has 2 N–H and O–H groups in total. The molecule has 1 aromatic heterocycles. The number of anilines is 1. The molecule has 126 valence electrons. The normalized spacial score (nSPS) is 20.1. The van der Waals surface area contributed by atoms with Crippen LogP contribution < -0.4 is 5.73 Å². The molecule has 8 heteroatoms. The SMILES string of the molecule is CC(=O)SCC(=Cc1cn(C)nc1N)B1OC(C)(C)C(C)(C)O1. The number of aryl methyl sites for hydroxylation is 1. The van der Waals surface area contributed by atoms with Gasteiger partial charge in [0.2, 0.25) is 0 Å². The van der Waals surface area contributed by atoms with Crippen LogP contribution in [0, 0.1) is 0 Å². The second kappa shape index (κ2) is 6.34. The number of nitrogens with two attached hydrogens (primary N) is 1. The van der Waals surface area contributed by atoms with Gasteiger partial charge in [0, 0.05) is 31.5 Å². The van der Waals surface area contributed by atoms with E-state index in [1.54, 1.807) is 11.6 Å². The molecule has 23 heavy (non-hydrogen) atoms. The van der Waals surface area contributed by atoms with Crippen LogP contribution in [0.3, 0.4) is 0 Å². The van der Waals surface area contributed by atoms with Crippen molar-refractivity contribution in [1.82, 2.24) is 9.78 Å². The van der Waals surface area contributed by atoms with Crippen molar-refractivity contribution in [1.29, 1.82) is 0 Å². The maximum absolute atomic E-state index is 11.4. The van der Waals surface area contributed by atoms with Gasteiger partial charge in [-0.15, -0.1) is 0 Å². The molecule has 1 aliphatic heterocycles. The molecule has 1 fully saturated rings. The van der Waals surface area contributed by atoms with Crippen molar-refractivity contribution in [3.8, 4) is 0 Å². The number of carbonyl (C=O) groups excluding carboxylic acids is 1. The number of aromatic nitrogens is 2. The van der Waals surface area contributed by atoms with Crippen LogP contribution in [0.5, 0.6) is 0 Å². The number of carbonyl (C=O) groups is 1. The van der Waals surface area contributed by atoms with E-state index in [1.807, 2.05) is 47.0 Å². The zero-order chi connectivity index (χ0) is 17.4. The van der Waals surface area contributed by atoms with Crippen LogP contribution in [-0.2, 0) is 21.2 Å². The van der Waals surface area contributed by atoms with Crippen LogP contribution in [0.2, 0.25) is 0 Å². The van der Waals surface area contributed by atoms with Crippen molar-refractivity contribution in [2.45, 2.75) is 45.8 Å². The highest BCUT2D eigenvalue weighted by Crippen LogP contribution is 2.39. The Hall–Kier alpha value is -1.25. The Morgan fingerprint density at radius 3 is 2.39 bits per heavy atom. The smallest absolute Gasteiger partial charge is 0.400 e. The monoisotopic (exact) mass is 337 g/mol. The molecule has 0 bridgehead atoms. The van der Waals surface area contributed by atoms with Crippen LogP contribution in [0.15, 0.2) is 11.7 Å². The average Bonchev–Trinajstić information content (AvgIpc) is 2.81. The summed E-state index contributed by atoms with van der Waals surface area (Å²) in [5.41, 5.74) is 6.71. The summed E-state index contributed by atoms with van der Waals surface area (Å²) in [5.74, 6) is 0.926. The van der Waals surface area contributed by atoms with Gasteiger partial charge in [0.25, 0.3) is 0 Å². The Labute approximate surface area is 141 Å². The Balaban J connectivity index is 2.32. The van der Waals surface area contributed by atoms with Crippen molar-refractivity contribution in [2.75, 3.05) is 11.5 Å². The van der Waals surface area contributed by atoms with E-state index in [-0.39, 0.29) is 5.12 Å². The molecule has 1 saturated heterocycles. The standard InChI is InChI=1S/C15H24BN3O3S/c1-10(20)23-9-12(7-11-8-19(6)18-13(11)17)16-21-14(2,3)15(4,5)22-16/h7-8H,9H2,1-6H3,(H2,17,18). The van der Waals surface area contributed by atoms with Gasteiger partial charge in [-0.2, -0.15) is 5.10 Å². The van der Waals surface area contributed by atoms with E-state index < -0.39 is 18.3 Å². The first-order valence-corrected chi connectivity index (χ1v) is 8.49. The lowest BCUT2D eigenvalue weighted by atomic mass is 9.78. The fourth-order valence-corrected chi connectivity index (χ4v) is 2.78. The highest BCUT2D eigenvalue weighted by atomic mass is 32.2. The van der Waals surface area contributed by atoms with Gasteiger partial charge < -0.3 is 15.0 Å². The maximum atomic E-state index is 11.4. The summed E-state index contributed by atoms with van der Waals surface area (Å²) < 4.78 is 13.8. The topological polar surface area (TPSA) is 79.4 Å². The third kappa shape index (κ3) is 3.99. The summed E-state index contributed by atoms with van der Waals surface area (Å²) in [6.45, 7) is 9.55. The molecule has 2 rings (SSSR count). The van der Waals surface area contributed by atoms with E-state index >= 15 is 0 Å². The van der Waals surface area contributed by atoms with Crippen molar-refractivity contribution in [3.63, 3.8) is 0 Å². The molecule has 0 aromatic carbocycles. The number of nitrogens with zero attached hydrogens (tertiary/aromatic N) is 2. The van der Waals surface area contributed by atoms with Crippen LogP contribution in [-0.4, -0.2) is 39.0 Å². The first-order valence-electron chi connectivity index (χ1n) is 7.50. The predicted molar refractivity (Wildman–Crippen MR) is 94.8 cm³/mol. The second-order valence-electron chi connectivity index (χ2n) is 6.73. The lowest BCUT2D eigenvalue weighted by Crippen LogP contribution is -2.41. The van der Waals surface area contributed by atoms with Gasteiger partial charge in [-0.3, -0.25) is 9.48 Å². The van der Waals surface area contributed by atoms with Gasteiger partial charge in [-0.1, -0.05) is 17.8 Å². The van der Waals surface area contributed by atoms with Gasteiger partial charge in [0.05, 0.1) is 11.2 Å². The van der Waals surface area contributed by atoms with Crippen LogP contribution in [0.4, 0.5) is 5.82 Å². The first-order chi connectivity index (χ1) is 10.5. The molecule has 1 aromatic rings. The molecule has 6 nitrogen and oxygen atoms in total. The molecule has 0 aliphatic carbocycles. The zero-order valence-corrected chi connectivity index (χ0v) is 15.4. The fourth-order valence-electron chi connectivity index (χ4n) is 2.19. The van der Waals surface area contributed by atoms with Crippen LogP contribution in [0.25, 0.3) is 6.08 Å². The van der Waals surface area contributed by atoms with Crippen molar-refractivity contribution < 1.29 is 14.1 Å². The van der Waals surface area contributed by atoms with Crippen molar-refractivity contribution >= 4 is 35.9 Å². The summed E-state index contributed by atoms with van der Waals surface area (Å²) >= 11 is 1.22. The van der Waals surface area contributed by atoms with Gasteiger partial charge in [-0.25, -0.2) is 0 Å². The number of nitrogen functional groups attached to an aromatic ring is 1. The highest BCUT2D eigenvalue weighted by molar-refractivity contribution is 8.13. The summed E-state index contributed by atoms with van der Waals surface area (Å²) in [5, 5.41) is 4.19. The number of hydrogen-bond donors (Lipinski definition) is 1. The summed E-state index contributed by atoms with van der Waals surface area (Å²) in [6.07, 6.45) is 3.74. The van der Waals surface area contributed by atoms with Gasteiger partial charge in [-0.05, 0) is 33.2 Å². The molecule has 0 unspecified atom stereocenters. The zero-order valence-electron chi connectivity index (χ0n) is 14.5. The molecule has 1 aliphatic rings. The van der Waals surface area contributed by atoms with E-state index in [0.29, 0.717) is 11.6 Å². The highest BCUT2D eigenvalue weighted by Gasteiger charge is 2.52. The van der Waals surface area contributed by atoms with Gasteiger partial charge in [0.15, 0.2) is 10.9 Å². The fraction of sp³-hybridized carbons (Fsp3) is 0.600. The Bertz CT molecular complexity index is 624. The number of thioether (sulfide) groups is 1. The van der Waals surface area contributed by atoms with E-state index in [1.165, 1.54) is 11.8 Å². The third-order valence-corrected chi connectivity index (χ3v) is 5.11. The minimum absolute atomic E-state index is 0.0478. The van der Waals surface area contributed by atoms with Gasteiger partial charge >= 0.3 is 7.12 Å². The number of hydrogen-bond acceptors (Lipinski definition) is 6.